The van der Waals surface area contributed by atoms with E-state index >= 15 is 0 Å². The van der Waals surface area contributed by atoms with Gasteiger partial charge in [-0.1, -0.05) is 109 Å². The molecule has 2 N–H and O–H groups in total. The lowest BCUT2D eigenvalue weighted by Crippen LogP contribution is -2.43. The van der Waals surface area contributed by atoms with E-state index in [9.17, 15) is 4.79 Å². The second-order valence-electron chi connectivity index (χ2n) is 11.7. The summed E-state index contributed by atoms with van der Waals surface area (Å²) in [6.45, 7) is 5.60. The monoisotopic (exact) mass is 616 g/mol. The topological polar surface area (TPSA) is 59.6 Å². The van der Waals surface area contributed by atoms with E-state index in [1.165, 1.54) is 16.7 Å². The minimum Gasteiger partial charge on any atom is -0.457 e. The summed E-state index contributed by atoms with van der Waals surface area (Å²) in [7, 11) is 0. The van der Waals surface area contributed by atoms with E-state index < -0.39 is 16.4 Å². The molecule has 0 bridgehead atoms. The van der Waals surface area contributed by atoms with Crippen molar-refractivity contribution in [1.29, 1.82) is 0 Å². The Bertz CT molecular complexity index is 1510. The number of carbonyl (C=O) groups excluding carboxylic acids is 1. The Morgan fingerprint density at radius 2 is 1.09 bits per heavy atom. The highest BCUT2D eigenvalue weighted by Crippen LogP contribution is 2.48. The molecule has 6 heteroatoms. The lowest BCUT2D eigenvalue weighted by atomic mass is 9.84. The molecule has 1 atom stereocenters. The maximum atomic E-state index is 12.9. The second kappa shape index (κ2) is 14.9. The molecule has 0 saturated heterocycles. The maximum absolute atomic E-state index is 12.9. The molecular formula is C39H40N2O3S. The van der Waals surface area contributed by atoms with Gasteiger partial charge in [0.1, 0.15) is 23.3 Å². The lowest BCUT2D eigenvalue weighted by molar-refractivity contribution is 0.0509. The molecule has 0 saturated carbocycles. The van der Waals surface area contributed by atoms with Crippen LogP contribution in [-0.2, 0) is 9.48 Å². The number of carbonyl (C=O) groups is 1. The van der Waals surface area contributed by atoms with E-state index in [-0.39, 0.29) is 6.17 Å². The normalized spacial score (nSPS) is 12.2. The molecule has 0 aliphatic rings. The second-order valence-corrected chi connectivity index (χ2v) is 13.0. The van der Waals surface area contributed by atoms with Gasteiger partial charge in [0.2, 0.25) is 0 Å². The predicted molar refractivity (Wildman–Crippen MR) is 186 cm³/mol. The van der Waals surface area contributed by atoms with E-state index in [4.69, 9.17) is 9.47 Å². The average Bonchev–Trinajstić information content (AvgIpc) is 3.05. The Morgan fingerprint density at radius 1 is 0.644 bits per heavy atom. The first-order valence-electron chi connectivity index (χ1n) is 15.2. The molecule has 45 heavy (non-hydrogen) atoms. The summed E-state index contributed by atoms with van der Waals surface area (Å²) in [5.41, 5.74) is 3.85. The molecule has 0 spiro atoms. The minimum atomic E-state index is -0.608. The zero-order valence-corrected chi connectivity index (χ0v) is 26.8. The number of hydrogen-bond donors (Lipinski definition) is 2. The van der Waals surface area contributed by atoms with Crippen LogP contribution in [0.1, 0.15) is 43.9 Å². The van der Waals surface area contributed by atoms with Gasteiger partial charge in [0.05, 0.1) is 4.75 Å². The summed E-state index contributed by atoms with van der Waals surface area (Å²) in [6.07, 6.45) is -0.205. The largest absolute Gasteiger partial charge is 0.457 e. The van der Waals surface area contributed by atoms with Crippen LogP contribution in [-0.4, -0.2) is 23.6 Å². The molecule has 5 rings (SSSR count). The number of benzene rings is 5. The summed E-state index contributed by atoms with van der Waals surface area (Å²) in [6, 6.07) is 49.3. The molecule has 5 aromatic rings. The van der Waals surface area contributed by atoms with Crippen molar-refractivity contribution in [1.82, 2.24) is 5.32 Å². The van der Waals surface area contributed by atoms with Crippen LogP contribution >= 0.6 is 11.8 Å². The third kappa shape index (κ3) is 8.70. The van der Waals surface area contributed by atoms with Crippen molar-refractivity contribution in [2.45, 2.75) is 43.7 Å². The van der Waals surface area contributed by atoms with Gasteiger partial charge >= 0.3 is 6.09 Å². The molecule has 0 unspecified atom stereocenters. The van der Waals surface area contributed by atoms with Crippen LogP contribution in [0.5, 0.6) is 11.5 Å². The Balaban J connectivity index is 1.39. The van der Waals surface area contributed by atoms with Crippen LogP contribution in [0.2, 0.25) is 0 Å². The van der Waals surface area contributed by atoms with Gasteiger partial charge in [0.25, 0.3) is 0 Å². The van der Waals surface area contributed by atoms with E-state index in [1.807, 2.05) is 87.1 Å². The maximum Gasteiger partial charge on any atom is 0.409 e. The van der Waals surface area contributed by atoms with Gasteiger partial charge in [0.15, 0.2) is 0 Å². The van der Waals surface area contributed by atoms with Crippen LogP contribution < -0.4 is 15.4 Å². The van der Waals surface area contributed by atoms with E-state index in [2.05, 4.69) is 102 Å². The zero-order valence-electron chi connectivity index (χ0n) is 26.0. The third-order valence-electron chi connectivity index (χ3n) is 7.13. The highest BCUT2D eigenvalue weighted by Gasteiger charge is 2.37. The Kier molecular flexibility index (Phi) is 10.5. The number of rotatable bonds is 12. The summed E-state index contributed by atoms with van der Waals surface area (Å²) >= 11 is 1.86. The van der Waals surface area contributed by atoms with Crippen LogP contribution in [0.4, 0.5) is 10.5 Å². The van der Waals surface area contributed by atoms with Crippen molar-refractivity contribution < 1.29 is 14.3 Å². The Hall–Kier alpha value is -4.68. The van der Waals surface area contributed by atoms with Crippen molar-refractivity contribution in [2.24, 2.45) is 0 Å². The highest BCUT2D eigenvalue weighted by atomic mass is 32.2. The molecule has 5 aromatic carbocycles. The number of hydrogen-bond acceptors (Lipinski definition) is 5. The number of anilines is 1. The van der Waals surface area contributed by atoms with Crippen LogP contribution in [0.3, 0.4) is 0 Å². The Morgan fingerprint density at radius 3 is 1.56 bits per heavy atom. The molecule has 0 aromatic heterocycles. The molecule has 0 aliphatic carbocycles. The Labute approximate surface area is 271 Å². The van der Waals surface area contributed by atoms with E-state index in [1.54, 1.807) is 0 Å². The fraction of sp³-hybridized carbons (Fsp3) is 0.205. The smallest absolute Gasteiger partial charge is 0.409 e. The fourth-order valence-electron chi connectivity index (χ4n) is 5.17. The summed E-state index contributed by atoms with van der Waals surface area (Å²) in [4.78, 5) is 12.9. The predicted octanol–water partition coefficient (Wildman–Crippen LogP) is 9.86. The van der Waals surface area contributed by atoms with Crippen molar-refractivity contribution in [2.75, 3.05) is 11.1 Å². The van der Waals surface area contributed by atoms with Gasteiger partial charge in [-0.2, -0.15) is 0 Å². The molecule has 0 aliphatic heterocycles. The van der Waals surface area contributed by atoms with Crippen molar-refractivity contribution >= 4 is 23.5 Å². The van der Waals surface area contributed by atoms with Crippen molar-refractivity contribution in [3.8, 4) is 11.5 Å². The number of para-hydroxylation sites is 1. The van der Waals surface area contributed by atoms with Crippen LogP contribution in [0.15, 0.2) is 146 Å². The molecule has 0 radical (unpaired) electrons. The summed E-state index contributed by atoms with van der Waals surface area (Å²) in [5, 5.41) is 6.58. The first kappa shape index (κ1) is 31.7. The van der Waals surface area contributed by atoms with E-state index in [0.717, 1.165) is 22.9 Å². The van der Waals surface area contributed by atoms with Gasteiger partial charge in [-0.3, -0.25) is 0 Å². The van der Waals surface area contributed by atoms with E-state index in [0.29, 0.717) is 6.42 Å². The highest BCUT2D eigenvalue weighted by molar-refractivity contribution is 8.00. The number of thioether (sulfide) groups is 1. The standard InChI is InChI=1S/C39H40N2O3S/c1-38(2,3)44-37(42)41-36(40-33-24-26-35(27-25-33)43-34-22-14-7-15-23-34)28-29-45-39(30-16-8-4-9-17-30,31-18-10-5-11-19-31)32-20-12-6-13-21-32/h4-27,36,40H,28-29H2,1-3H3,(H,41,42)/t36-/m1/s1. The number of ether oxygens (including phenoxy) is 2. The molecule has 5 nitrogen and oxygen atoms in total. The number of amides is 1. The van der Waals surface area contributed by atoms with Crippen molar-refractivity contribution in [3.63, 3.8) is 0 Å². The third-order valence-corrected chi connectivity index (χ3v) is 8.71. The molecule has 0 heterocycles. The van der Waals surface area contributed by atoms with Crippen LogP contribution in [0, 0.1) is 0 Å². The van der Waals surface area contributed by atoms with Crippen LogP contribution in [0.25, 0.3) is 0 Å². The summed E-state index contributed by atoms with van der Waals surface area (Å²) < 4.78 is 11.1. The summed E-state index contributed by atoms with van der Waals surface area (Å²) in [5.74, 6) is 2.25. The van der Waals surface area contributed by atoms with Gasteiger partial charge < -0.3 is 20.1 Å². The van der Waals surface area contributed by atoms with Crippen molar-refractivity contribution in [3.05, 3.63) is 162 Å². The first-order chi connectivity index (χ1) is 21.8. The number of alkyl carbamates (subject to hydrolysis) is 1. The minimum absolute atomic E-state index is 0.381. The van der Waals surface area contributed by atoms with Gasteiger partial charge in [-0.05, 0) is 86.0 Å². The first-order valence-corrected chi connectivity index (χ1v) is 16.2. The molecule has 0 fully saturated rings. The number of nitrogens with one attached hydrogen (secondary N) is 2. The fourth-order valence-corrected chi connectivity index (χ4v) is 6.74. The quantitative estimate of drug-likeness (QED) is 0.108. The SMILES string of the molecule is CC(C)(C)OC(=O)N[C@H](CCSC(c1ccccc1)(c1ccccc1)c1ccccc1)Nc1ccc(Oc2ccccc2)cc1. The molecular weight excluding hydrogens is 577 g/mol. The molecule has 230 valence electrons. The van der Waals surface area contributed by atoms with Gasteiger partial charge in [-0.15, -0.1) is 11.8 Å². The van der Waals surface area contributed by atoms with Gasteiger partial charge in [-0.25, -0.2) is 4.79 Å². The zero-order chi connectivity index (χ0) is 31.5. The average molecular weight is 617 g/mol. The van der Waals surface area contributed by atoms with Gasteiger partial charge in [0, 0.05) is 5.69 Å². The lowest BCUT2D eigenvalue weighted by Gasteiger charge is -2.36. The molecule has 1 amide bonds.